The van der Waals surface area contributed by atoms with Gasteiger partial charge in [0.05, 0.1) is 17.8 Å². The number of carbonyl (C=O) groups is 1. The van der Waals surface area contributed by atoms with Gasteiger partial charge < -0.3 is 15.2 Å². The van der Waals surface area contributed by atoms with E-state index in [4.69, 9.17) is 4.74 Å². The fourth-order valence-corrected chi connectivity index (χ4v) is 2.17. The molecule has 112 valence electrons. The van der Waals surface area contributed by atoms with Crippen LogP contribution in [0.4, 0.5) is 4.79 Å². The fourth-order valence-electron chi connectivity index (χ4n) is 2.17. The second-order valence-corrected chi connectivity index (χ2v) is 6.36. The lowest BCUT2D eigenvalue weighted by molar-refractivity contribution is 0.0452. The van der Waals surface area contributed by atoms with Crippen LogP contribution in [-0.4, -0.2) is 32.6 Å². The average molecular weight is 281 g/mol. The van der Waals surface area contributed by atoms with E-state index in [1.807, 2.05) is 37.7 Å². The van der Waals surface area contributed by atoms with Gasteiger partial charge in [0.1, 0.15) is 5.60 Å². The van der Waals surface area contributed by atoms with Crippen molar-refractivity contribution in [1.29, 1.82) is 0 Å². The van der Waals surface area contributed by atoms with Crippen molar-refractivity contribution < 1.29 is 14.6 Å². The zero-order valence-corrected chi connectivity index (χ0v) is 12.5. The molecule has 6 heteroatoms. The van der Waals surface area contributed by atoms with Crippen LogP contribution >= 0.6 is 0 Å². The number of rotatable bonds is 3. The number of nitrogens with zero attached hydrogens (tertiary/aromatic N) is 2. The normalized spacial score (nSPS) is 23.9. The summed E-state index contributed by atoms with van der Waals surface area (Å²) in [4.78, 5) is 11.6. The minimum absolute atomic E-state index is 0.133. The highest BCUT2D eigenvalue weighted by Crippen LogP contribution is 2.32. The molecule has 1 aliphatic carbocycles. The largest absolute Gasteiger partial charge is 0.444 e. The molecule has 2 rings (SSSR count). The van der Waals surface area contributed by atoms with E-state index in [2.05, 4.69) is 10.4 Å². The van der Waals surface area contributed by atoms with Crippen LogP contribution in [0.25, 0.3) is 0 Å². The van der Waals surface area contributed by atoms with Gasteiger partial charge >= 0.3 is 6.09 Å². The molecule has 2 N–H and O–H groups in total. The molecule has 0 saturated heterocycles. The predicted octanol–water partition coefficient (Wildman–Crippen LogP) is 2.16. The van der Waals surface area contributed by atoms with E-state index in [-0.39, 0.29) is 18.2 Å². The van der Waals surface area contributed by atoms with Crippen molar-refractivity contribution >= 4 is 6.09 Å². The van der Waals surface area contributed by atoms with Gasteiger partial charge in [0, 0.05) is 12.2 Å². The van der Waals surface area contributed by atoms with E-state index in [9.17, 15) is 9.90 Å². The molecule has 20 heavy (non-hydrogen) atoms. The Bertz CT molecular complexity index is 470. The maximum Gasteiger partial charge on any atom is 0.407 e. The zero-order chi connectivity index (χ0) is 14.9. The highest BCUT2D eigenvalue weighted by molar-refractivity contribution is 5.68. The number of alkyl carbamates (subject to hydrolysis) is 1. The van der Waals surface area contributed by atoms with Crippen LogP contribution in [0.15, 0.2) is 12.3 Å². The predicted molar refractivity (Wildman–Crippen MR) is 74.3 cm³/mol. The third-order valence-electron chi connectivity index (χ3n) is 3.27. The number of aliphatic hydroxyl groups is 1. The van der Waals surface area contributed by atoms with E-state index in [1.54, 1.807) is 6.92 Å². The van der Waals surface area contributed by atoms with Crippen LogP contribution in [0.3, 0.4) is 0 Å². The molecule has 0 spiro atoms. The highest BCUT2D eigenvalue weighted by Gasteiger charge is 2.33. The monoisotopic (exact) mass is 281 g/mol. The Hall–Kier alpha value is -1.56. The summed E-state index contributed by atoms with van der Waals surface area (Å²) in [5, 5.41) is 16.6. The van der Waals surface area contributed by atoms with Gasteiger partial charge in [-0.3, -0.25) is 4.68 Å². The van der Waals surface area contributed by atoms with Crippen LogP contribution in [0.1, 0.15) is 58.4 Å². The summed E-state index contributed by atoms with van der Waals surface area (Å²) in [6.45, 7) is 7.23. The molecule has 1 aliphatic rings. The molecule has 1 atom stereocenters. The first-order valence-corrected chi connectivity index (χ1v) is 6.97. The van der Waals surface area contributed by atoms with E-state index in [0.29, 0.717) is 5.69 Å². The number of carbonyl (C=O) groups excluding carboxylic acids is 1. The number of aliphatic hydroxyl groups excluding tert-OH is 1. The molecule has 1 aromatic rings. The lowest BCUT2D eigenvalue weighted by Crippen LogP contribution is -2.46. The van der Waals surface area contributed by atoms with Gasteiger partial charge in [-0.2, -0.15) is 5.10 Å². The number of nitrogens with one attached hydrogen (secondary N) is 1. The van der Waals surface area contributed by atoms with Crippen molar-refractivity contribution in [2.45, 2.75) is 64.3 Å². The first-order valence-electron chi connectivity index (χ1n) is 6.97. The number of amides is 1. The maximum atomic E-state index is 11.6. The molecule has 1 heterocycles. The number of hydrogen-bond acceptors (Lipinski definition) is 4. The molecule has 0 aliphatic heterocycles. The fraction of sp³-hybridized carbons (Fsp3) is 0.714. The summed E-state index contributed by atoms with van der Waals surface area (Å²) in [6.07, 6.45) is 2.62. The third-order valence-corrected chi connectivity index (χ3v) is 3.27. The standard InChI is InChI=1S/C14H23N3O3/c1-9(18)12-5-6-17(16-12)11-7-10(8-11)15-13(19)20-14(2,3)4/h5-6,9-11,18H,7-8H2,1-4H3,(H,15,19). The molecule has 1 amide bonds. The second-order valence-electron chi connectivity index (χ2n) is 6.36. The Morgan fingerprint density at radius 1 is 1.55 bits per heavy atom. The molecule has 0 radical (unpaired) electrons. The van der Waals surface area contributed by atoms with Gasteiger partial charge in [0.2, 0.25) is 0 Å². The zero-order valence-electron chi connectivity index (χ0n) is 12.5. The van der Waals surface area contributed by atoms with Crippen molar-refractivity contribution in [3.05, 3.63) is 18.0 Å². The van der Waals surface area contributed by atoms with Gasteiger partial charge in [-0.15, -0.1) is 0 Å². The van der Waals surface area contributed by atoms with Crippen molar-refractivity contribution in [3.8, 4) is 0 Å². The molecular formula is C14H23N3O3. The Morgan fingerprint density at radius 3 is 2.70 bits per heavy atom. The van der Waals surface area contributed by atoms with Gasteiger partial charge in [0.15, 0.2) is 0 Å². The van der Waals surface area contributed by atoms with Crippen molar-refractivity contribution in [2.75, 3.05) is 0 Å². The topological polar surface area (TPSA) is 76.4 Å². The van der Waals surface area contributed by atoms with Crippen LogP contribution in [0.2, 0.25) is 0 Å². The highest BCUT2D eigenvalue weighted by atomic mass is 16.6. The Morgan fingerprint density at radius 2 is 2.20 bits per heavy atom. The van der Waals surface area contributed by atoms with Crippen LogP contribution in [0.5, 0.6) is 0 Å². The van der Waals surface area contributed by atoms with E-state index in [1.165, 1.54) is 0 Å². The first kappa shape index (κ1) is 14.8. The minimum Gasteiger partial charge on any atom is -0.444 e. The van der Waals surface area contributed by atoms with Gasteiger partial charge in [-0.25, -0.2) is 4.79 Å². The Labute approximate surface area is 119 Å². The SMILES string of the molecule is CC(O)c1ccn(C2CC(NC(=O)OC(C)(C)C)C2)n1. The summed E-state index contributed by atoms with van der Waals surface area (Å²) < 4.78 is 7.07. The van der Waals surface area contributed by atoms with E-state index in [0.717, 1.165) is 12.8 Å². The summed E-state index contributed by atoms with van der Waals surface area (Å²) in [6, 6.07) is 2.23. The van der Waals surface area contributed by atoms with Gasteiger partial charge in [-0.05, 0) is 46.6 Å². The molecule has 1 unspecified atom stereocenters. The number of hydrogen-bond donors (Lipinski definition) is 2. The second kappa shape index (κ2) is 5.44. The van der Waals surface area contributed by atoms with Crippen LogP contribution in [0, 0.1) is 0 Å². The third kappa shape index (κ3) is 3.72. The van der Waals surface area contributed by atoms with E-state index >= 15 is 0 Å². The van der Waals surface area contributed by atoms with Crippen LogP contribution < -0.4 is 5.32 Å². The van der Waals surface area contributed by atoms with Gasteiger partial charge in [-0.1, -0.05) is 0 Å². The minimum atomic E-state index is -0.549. The van der Waals surface area contributed by atoms with Crippen molar-refractivity contribution in [3.63, 3.8) is 0 Å². The van der Waals surface area contributed by atoms with E-state index < -0.39 is 11.7 Å². The van der Waals surface area contributed by atoms with Crippen molar-refractivity contribution in [2.24, 2.45) is 0 Å². The lowest BCUT2D eigenvalue weighted by atomic mass is 9.87. The molecule has 1 saturated carbocycles. The molecule has 1 fully saturated rings. The molecule has 1 aromatic heterocycles. The maximum absolute atomic E-state index is 11.6. The summed E-state index contributed by atoms with van der Waals surface area (Å²) in [5.74, 6) is 0. The molecule has 0 bridgehead atoms. The molecule has 0 aromatic carbocycles. The number of ether oxygens (including phenoxy) is 1. The summed E-state index contributed by atoms with van der Waals surface area (Å²) in [7, 11) is 0. The molecular weight excluding hydrogens is 258 g/mol. The lowest BCUT2D eigenvalue weighted by Gasteiger charge is -2.36. The molecule has 6 nitrogen and oxygen atoms in total. The quantitative estimate of drug-likeness (QED) is 0.890. The summed E-state index contributed by atoms with van der Waals surface area (Å²) in [5.41, 5.74) is 0.204. The first-order chi connectivity index (χ1) is 9.24. The average Bonchev–Trinajstić information content (AvgIpc) is 2.68. The van der Waals surface area contributed by atoms with Crippen LogP contribution in [-0.2, 0) is 4.74 Å². The number of aromatic nitrogens is 2. The van der Waals surface area contributed by atoms with Gasteiger partial charge in [0.25, 0.3) is 0 Å². The Balaban J connectivity index is 1.78. The Kier molecular flexibility index (Phi) is 4.04. The smallest absolute Gasteiger partial charge is 0.407 e. The van der Waals surface area contributed by atoms with Crippen molar-refractivity contribution in [1.82, 2.24) is 15.1 Å². The summed E-state index contributed by atoms with van der Waals surface area (Å²) >= 11 is 0.